The second-order valence-electron chi connectivity index (χ2n) is 0.723. The molecular formula is CH3BF2O3. The lowest BCUT2D eigenvalue weighted by Crippen LogP contribution is -2.19. The largest absolute Gasteiger partial charge is 0.637 e. The fourth-order valence-electron chi connectivity index (χ4n) is 0.0920. The molecule has 0 rings (SSSR count). The van der Waals surface area contributed by atoms with Gasteiger partial charge in [0.15, 0.2) is 0 Å². The zero-order chi connectivity index (χ0) is 5.86. The van der Waals surface area contributed by atoms with Gasteiger partial charge in [0.25, 0.3) is 0 Å². The molecule has 0 heterocycles. The first-order valence-corrected chi connectivity index (χ1v) is 1.42. The predicted octanol–water partition coefficient (Wildman–Crippen LogP) is -0.805. The first-order chi connectivity index (χ1) is 3.13. The summed E-state index contributed by atoms with van der Waals surface area (Å²) in [6.07, 6.45) is 0. The van der Waals surface area contributed by atoms with Crippen LogP contribution in [0.3, 0.4) is 0 Å². The van der Waals surface area contributed by atoms with Gasteiger partial charge in [-0.05, 0) is 0 Å². The maximum absolute atomic E-state index is 10.7. The summed E-state index contributed by atoms with van der Waals surface area (Å²) in [7, 11) is -2.38. The Bertz CT molecular complexity index is 42.2. The monoisotopic (exact) mass is 112 g/mol. The SMILES string of the molecule is OB(O)OC(F)F. The molecule has 42 valence electrons. The molecule has 7 heavy (non-hydrogen) atoms. The second kappa shape index (κ2) is 2.89. The minimum atomic E-state index is -3.13. The van der Waals surface area contributed by atoms with Gasteiger partial charge in [-0.1, -0.05) is 0 Å². The Kier molecular flexibility index (Phi) is 2.81. The molecule has 0 bridgehead atoms. The zero-order valence-electron chi connectivity index (χ0n) is 3.21. The number of hydrogen-bond donors (Lipinski definition) is 2. The number of alkyl halides is 2. The molecular weight excluding hydrogens is 109 g/mol. The van der Waals surface area contributed by atoms with Crippen molar-refractivity contribution in [1.29, 1.82) is 0 Å². The number of rotatable bonds is 2. The molecule has 0 atom stereocenters. The van der Waals surface area contributed by atoms with E-state index in [1.165, 1.54) is 0 Å². The Balaban J connectivity index is 2.95. The fraction of sp³-hybridized carbons (Fsp3) is 1.00. The highest BCUT2D eigenvalue weighted by molar-refractivity contribution is 6.32. The van der Waals surface area contributed by atoms with E-state index in [-0.39, 0.29) is 0 Å². The Hall–Kier alpha value is -0.195. The van der Waals surface area contributed by atoms with Crippen molar-refractivity contribution in [1.82, 2.24) is 0 Å². The third-order valence-electron chi connectivity index (χ3n) is 0.225. The third-order valence-corrected chi connectivity index (χ3v) is 0.225. The van der Waals surface area contributed by atoms with Crippen LogP contribution in [0.15, 0.2) is 0 Å². The van der Waals surface area contributed by atoms with Gasteiger partial charge in [-0.3, -0.25) is 0 Å². The smallest absolute Gasteiger partial charge is 0.402 e. The van der Waals surface area contributed by atoms with Crippen LogP contribution in [0.2, 0.25) is 0 Å². The molecule has 0 saturated carbocycles. The molecule has 0 aliphatic heterocycles. The molecule has 0 radical (unpaired) electrons. The van der Waals surface area contributed by atoms with Gasteiger partial charge in [0.2, 0.25) is 0 Å². The van der Waals surface area contributed by atoms with E-state index in [2.05, 4.69) is 4.65 Å². The molecule has 2 N–H and O–H groups in total. The van der Waals surface area contributed by atoms with Gasteiger partial charge in [-0.25, -0.2) is 0 Å². The highest BCUT2D eigenvalue weighted by atomic mass is 19.3. The normalized spacial score (nSPS) is 9.86. The van der Waals surface area contributed by atoms with Gasteiger partial charge >= 0.3 is 13.9 Å². The summed E-state index contributed by atoms with van der Waals surface area (Å²) in [6, 6.07) is 0. The molecule has 0 aromatic rings. The Morgan fingerprint density at radius 3 is 1.86 bits per heavy atom. The molecule has 6 heteroatoms. The molecule has 0 fully saturated rings. The van der Waals surface area contributed by atoms with Crippen LogP contribution in [-0.2, 0) is 4.65 Å². The van der Waals surface area contributed by atoms with E-state index in [0.717, 1.165) is 0 Å². The van der Waals surface area contributed by atoms with Crippen molar-refractivity contribution >= 4 is 7.32 Å². The van der Waals surface area contributed by atoms with E-state index in [1.54, 1.807) is 0 Å². The Morgan fingerprint density at radius 1 is 1.43 bits per heavy atom. The molecule has 0 aromatic heterocycles. The minimum absolute atomic E-state index is 2.38. The van der Waals surface area contributed by atoms with E-state index in [1.807, 2.05) is 0 Å². The molecule has 0 aliphatic rings. The van der Waals surface area contributed by atoms with Crippen LogP contribution in [0.4, 0.5) is 8.78 Å². The maximum Gasteiger partial charge on any atom is 0.637 e. The molecule has 0 unspecified atom stereocenters. The van der Waals surface area contributed by atoms with Crippen molar-refractivity contribution in [3.63, 3.8) is 0 Å². The molecule has 3 nitrogen and oxygen atoms in total. The highest BCUT2D eigenvalue weighted by Gasteiger charge is 2.14. The van der Waals surface area contributed by atoms with Crippen molar-refractivity contribution in [2.45, 2.75) is 6.61 Å². The molecule has 0 aliphatic carbocycles. The molecule has 0 spiro atoms. The summed E-state index contributed by atoms with van der Waals surface area (Å²) in [5, 5.41) is 15.2. The summed E-state index contributed by atoms with van der Waals surface area (Å²) in [5.41, 5.74) is 0. The van der Waals surface area contributed by atoms with Crippen molar-refractivity contribution in [2.24, 2.45) is 0 Å². The van der Waals surface area contributed by atoms with Crippen molar-refractivity contribution in [3.8, 4) is 0 Å². The average Bonchev–Trinajstić information content (AvgIpc) is 1.27. The first kappa shape index (κ1) is 6.80. The minimum Gasteiger partial charge on any atom is -0.402 e. The van der Waals surface area contributed by atoms with Gasteiger partial charge in [0, 0.05) is 0 Å². The lowest BCUT2D eigenvalue weighted by Gasteiger charge is -1.95. The lowest BCUT2D eigenvalue weighted by molar-refractivity contribution is -0.0775. The van der Waals surface area contributed by atoms with Gasteiger partial charge in [-0.15, -0.1) is 0 Å². The van der Waals surface area contributed by atoms with E-state index in [0.29, 0.717) is 0 Å². The standard InChI is InChI=1S/CH3BF2O3/c3-1(4)7-2(5)6/h1,5-6H. The second-order valence-corrected chi connectivity index (χ2v) is 0.723. The van der Waals surface area contributed by atoms with Gasteiger partial charge in [0.1, 0.15) is 0 Å². The predicted molar refractivity (Wildman–Crippen MR) is 17.3 cm³/mol. The van der Waals surface area contributed by atoms with E-state index >= 15 is 0 Å². The number of hydrogen-bond acceptors (Lipinski definition) is 3. The van der Waals surface area contributed by atoms with E-state index in [9.17, 15) is 8.78 Å². The van der Waals surface area contributed by atoms with Gasteiger partial charge in [0.05, 0.1) is 0 Å². The summed E-state index contributed by atoms with van der Waals surface area (Å²) in [5.74, 6) is 0. The molecule has 0 amide bonds. The van der Waals surface area contributed by atoms with Crippen LogP contribution in [0.25, 0.3) is 0 Å². The number of halogens is 2. The van der Waals surface area contributed by atoms with Crippen LogP contribution < -0.4 is 0 Å². The third kappa shape index (κ3) is 5.80. The Labute approximate surface area is 38.7 Å². The summed E-state index contributed by atoms with van der Waals surface area (Å²) >= 11 is 0. The quantitative estimate of drug-likeness (QED) is 0.459. The van der Waals surface area contributed by atoms with Crippen molar-refractivity contribution < 1.29 is 23.5 Å². The van der Waals surface area contributed by atoms with Crippen molar-refractivity contribution in [2.75, 3.05) is 0 Å². The van der Waals surface area contributed by atoms with Crippen LogP contribution in [0.1, 0.15) is 0 Å². The summed E-state index contributed by atoms with van der Waals surface area (Å²) in [4.78, 5) is 0. The summed E-state index contributed by atoms with van der Waals surface area (Å²) < 4.78 is 24.5. The zero-order valence-corrected chi connectivity index (χ0v) is 3.21. The summed E-state index contributed by atoms with van der Waals surface area (Å²) in [6.45, 7) is -3.13. The topological polar surface area (TPSA) is 49.7 Å². The van der Waals surface area contributed by atoms with Crippen LogP contribution in [0.5, 0.6) is 0 Å². The van der Waals surface area contributed by atoms with Crippen LogP contribution in [-0.4, -0.2) is 24.0 Å². The van der Waals surface area contributed by atoms with Gasteiger partial charge in [-0.2, -0.15) is 8.78 Å². The van der Waals surface area contributed by atoms with Crippen LogP contribution in [0, 0.1) is 0 Å². The van der Waals surface area contributed by atoms with Crippen molar-refractivity contribution in [3.05, 3.63) is 0 Å². The Morgan fingerprint density at radius 2 is 1.86 bits per heavy atom. The maximum atomic E-state index is 10.7. The lowest BCUT2D eigenvalue weighted by atomic mass is 10.3. The van der Waals surface area contributed by atoms with E-state index in [4.69, 9.17) is 10.0 Å². The first-order valence-electron chi connectivity index (χ1n) is 1.42. The molecule has 0 aromatic carbocycles. The van der Waals surface area contributed by atoms with Gasteiger partial charge < -0.3 is 14.7 Å². The van der Waals surface area contributed by atoms with Crippen LogP contribution >= 0.6 is 0 Å². The highest BCUT2D eigenvalue weighted by Crippen LogP contribution is 1.92. The fourth-order valence-corrected chi connectivity index (χ4v) is 0.0920. The molecule has 0 saturated heterocycles. The average molecular weight is 112 g/mol. The van der Waals surface area contributed by atoms with E-state index < -0.39 is 13.9 Å².